The van der Waals surface area contributed by atoms with Crippen LogP contribution >= 0.6 is 0 Å². The third kappa shape index (κ3) is 6.42. The fraction of sp³-hybridized carbons (Fsp3) is 0.200. The Kier molecular flexibility index (Phi) is 6.99. The maximum atomic E-state index is 11.6. The van der Waals surface area contributed by atoms with E-state index in [9.17, 15) is 19.2 Å². The molecule has 122 valence electrons. The number of ether oxygens (including phenoxy) is 3. The van der Waals surface area contributed by atoms with Crippen LogP contribution in [0.2, 0.25) is 0 Å². The Morgan fingerprint density at radius 1 is 1.17 bits per heavy atom. The lowest BCUT2D eigenvalue weighted by molar-refractivity contribution is -0.142. The van der Waals surface area contributed by atoms with Crippen LogP contribution in [-0.2, 0) is 19.1 Å². The summed E-state index contributed by atoms with van der Waals surface area (Å²) in [4.78, 5) is 43.6. The molecule has 8 nitrogen and oxygen atoms in total. The van der Waals surface area contributed by atoms with Crippen LogP contribution in [0.5, 0.6) is 11.5 Å². The SMILES string of the molecule is COc1cc(C=O)ccc1OC(=O)CCOC(=O)/C=C/C(=O)O. The Balaban J connectivity index is 2.49. The number of carboxylic acid groups (broad SMARTS) is 1. The standard InChI is InChI=1S/C15H14O8/c1-21-12-8-10(9-16)2-3-11(12)23-15(20)6-7-22-14(19)5-4-13(17)18/h2-5,8-9H,6-7H2,1H3,(H,17,18)/b5-4+. The number of carbonyl (C=O) groups excluding carboxylic acids is 3. The number of benzene rings is 1. The summed E-state index contributed by atoms with van der Waals surface area (Å²) in [5.41, 5.74) is 0.362. The summed E-state index contributed by atoms with van der Waals surface area (Å²) in [6.45, 7) is -0.267. The van der Waals surface area contributed by atoms with E-state index in [1.165, 1.54) is 25.3 Å². The second kappa shape index (κ2) is 8.98. The lowest BCUT2D eigenvalue weighted by Gasteiger charge is -2.09. The quantitative estimate of drug-likeness (QED) is 0.326. The van der Waals surface area contributed by atoms with Gasteiger partial charge in [-0.05, 0) is 18.2 Å². The largest absolute Gasteiger partial charge is 0.493 e. The van der Waals surface area contributed by atoms with Crippen LogP contribution in [-0.4, -0.2) is 43.0 Å². The van der Waals surface area contributed by atoms with Crippen LogP contribution in [0, 0.1) is 0 Å². The van der Waals surface area contributed by atoms with Gasteiger partial charge in [0.25, 0.3) is 0 Å². The van der Waals surface area contributed by atoms with Gasteiger partial charge in [0, 0.05) is 17.7 Å². The van der Waals surface area contributed by atoms with Gasteiger partial charge < -0.3 is 19.3 Å². The number of aliphatic carboxylic acids is 1. The molecule has 0 aromatic heterocycles. The summed E-state index contributed by atoms with van der Waals surface area (Å²) in [6, 6.07) is 4.27. The van der Waals surface area contributed by atoms with Crippen molar-refractivity contribution >= 4 is 24.2 Å². The van der Waals surface area contributed by atoms with E-state index in [4.69, 9.17) is 14.6 Å². The van der Waals surface area contributed by atoms with E-state index in [0.29, 0.717) is 17.9 Å². The van der Waals surface area contributed by atoms with Gasteiger partial charge in [-0.2, -0.15) is 0 Å². The zero-order chi connectivity index (χ0) is 17.2. The van der Waals surface area contributed by atoms with Crippen LogP contribution in [0.1, 0.15) is 16.8 Å². The number of rotatable bonds is 8. The van der Waals surface area contributed by atoms with Crippen LogP contribution in [0.25, 0.3) is 0 Å². The highest BCUT2D eigenvalue weighted by atomic mass is 16.6. The first-order valence-electron chi connectivity index (χ1n) is 6.38. The van der Waals surface area contributed by atoms with E-state index in [-0.39, 0.29) is 24.5 Å². The molecule has 0 fully saturated rings. The number of hydrogen-bond acceptors (Lipinski definition) is 7. The van der Waals surface area contributed by atoms with Crippen LogP contribution < -0.4 is 9.47 Å². The molecule has 0 bridgehead atoms. The van der Waals surface area contributed by atoms with Crippen LogP contribution in [0.4, 0.5) is 0 Å². The third-order valence-corrected chi connectivity index (χ3v) is 2.46. The minimum atomic E-state index is -1.28. The topological polar surface area (TPSA) is 116 Å². The molecule has 0 aliphatic carbocycles. The normalized spacial score (nSPS) is 10.1. The summed E-state index contributed by atoms with van der Waals surface area (Å²) in [6.07, 6.45) is 1.75. The van der Waals surface area contributed by atoms with Gasteiger partial charge in [-0.1, -0.05) is 0 Å². The zero-order valence-electron chi connectivity index (χ0n) is 12.2. The van der Waals surface area contributed by atoms with Crippen molar-refractivity contribution < 1.29 is 38.5 Å². The van der Waals surface area contributed by atoms with Crippen molar-refractivity contribution in [2.75, 3.05) is 13.7 Å². The Morgan fingerprint density at radius 3 is 2.52 bits per heavy atom. The highest BCUT2D eigenvalue weighted by molar-refractivity contribution is 5.90. The summed E-state index contributed by atoms with van der Waals surface area (Å²) in [7, 11) is 1.36. The lowest BCUT2D eigenvalue weighted by Crippen LogP contribution is -2.13. The minimum absolute atomic E-state index is 0.125. The number of hydrogen-bond donors (Lipinski definition) is 1. The predicted octanol–water partition coefficient (Wildman–Crippen LogP) is 0.987. The van der Waals surface area contributed by atoms with Crippen molar-refractivity contribution in [2.24, 2.45) is 0 Å². The molecule has 1 rings (SSSR count). The molecule has 0 radical (unpaired) electrons. The predicted molar refractivity (Wildman–Crippen MR) is 76.4 cm³/mol. The highest BCUT2D eigenvalue weighted by Crippen LogP contribution is 2.27. The number of esters is 2. The third-order valence-electron chi connectivity index (χ3n) is 2.46. The molecule has 0 saturated carbocycles. The van der Waals surface area contributed by atoms with Gasteiger partial charge in [-0.15, -0.1) is 0 Å². The molecule has 0 aliphatic rings. The van der Waals surface area contributed by atoms with Gasteiger partial charge in [0.05, 0.1) is 13.5 Å². The Labute approximate surface area is 131 Å². The van der Waals surface area contributed by atoms with Crippen molar-refractivity contribution in [1.82, 2.24) is 0 Å². The maximum Gasteiger partial charge on any atom is 0.331 e. The van der Waals surface area contributed by atoms with Crippen molar-refractivity contribution in [2.45, 2.75) is 6.42 Å². The number of methoxy groups -OCH3 is 1. The van der Waals surface area contributed by atoms with Crippen LogP contribution in [0.3, 0.4) is 0 Å². The number of carbonyl (C=O) groups is 4. The molecule has 1 N–H and O–H groups in total. The zero-order valence-corrected chi connectivity index (χ0v) is 12.2. The molecule has 0 atom stereocenters. The number of aldehydes is 1. The first-order valence-corrected chi connectivity index (χ1v) is 6.38. The maximum absolute atomic E-state index is 11.6. The minimum Gasteiger partial charge on any atom is -0.493 e. The molecule has 0 saturated heterocycles. The first kappa shape index (κ1) is 17.9. The second-order valence-corrected chi connectivity index (χ2v) is 4.09. The van der Waals surface area contributed by atoms with Gasteiger partial charge in [0.1, 0.15) is 12.9 Å². The molecular formula is C15H14O8. The van der Waals surface area contributed by atoms with Crippen LogP contribution in [0.15, 0.2) is 30.4 Å². The van der Waals surface area contributed by atoms with Gasteiger partial charge in [0.2, 0.25) is 0 Å². The van der Waals surface area contributed by atoms with Gasteiger partial charge in [-0.25, -0.2) is 9.59 Å². The molecule has 0 unspecified atom stereocenters. The smallest absolute Gasteiger partial charge is 0.331 e. The second-order valence-electron chi connectivity index (χ2n) is 4.09. The molecule has 0 amide bonds. The van der Waals surface area contributed by atoms with Crippen molar-refractivity contribution in [3.05, 3.63) is 35.9 Å². The Bertz CT molecular complexity index is 632. The molecule has 1 aromatic rings. The van der Waals surface area contributed by atoms with E-state index in [0.717, 1.165) is 6.08 Å². The van der Waals surface area contributed by atoms with Crippen molar-refractivity contribution in [3.8, 4) is 11.5 Å². The fourth-order valence-corrected chi connectivity index (χ4v) is 1.44. The van der Waals surface area contributed by atoms with E-state index < -0.39 is 17.9 Å². The average molecular weight is 322 g/mol. The van der Waals surface area contributed by atoms with Crippen molar-refractivity contribution in [3.63, 3.8) is 0 Å². The number of carboxylic acids is 1. The summed E-state index contributed by atoms with van der Waals surface area (Å²) in [5, 5.41) is 8.32. The van der Waals surface area contributed by atoms with Gasteiger partial charge in [0.15, 0.2) is 11.5 Å². The lowest BCUT2D eigenvalue weighted by atomic mass is 10.2. The molecule has 0 aliphatic heterocycles. The monoisotopic (exact) mass is 322 g/mol. The molecule has 23 heavy (non-hydrogen) atoms. The molecule has 1 aromatic carbocycles. The van der Waals surface area contributed by atoms with Crippen molar-refractivity contribution in [1.29, 1.82) is 0 Å². The molecule has 0 heterocycles. The van der Waals surface area contributed by atoms with E-state index in [1.54, 1.807) is 0 Å². The van der Waals surface area contributed by atoms with E-state index in [2.05, 4.69) is 4.74 Å². The summed E-state index contributed by atoms with van der Waals surface area (Å²) >= 11 is 0. The van der Waals surface area contributed by atoms with Gasteiger partial charge >= 0.3 is 17.9 Å². The van der Waals surface area contributed by atoms with E-state index in [1.807, 2.05) is 0 Å². The Hall–Kier alpha value is -3.16. The van der Waals surface area contributed by atoms with E-state index >= 15 is 0 Å². The summed E-state index contributed by atoms with van der Waals surface area (Å²) < 4.78 is 14.7. The average Bonchev–Trinajstić information content (AvgIpc) is 2.53. The Morgan fingerprint density at radius 2 is 1.91 bits per heavy atom. The highest BCUT2D eigenvalue weighted by Gasteiger charge is 2.11. The first-order chi connectivity index (χ1) is 11.0. The molecule has 8 heteroatoms. The molecular weight excluding hydrogens is 308 g/mol. The fourth-order valence-electron chi connectivity index (χ4n) is 1.44. The van der Waals surface area contributed by atoms with Gasteiger partial charge in [-0.3, -0.25) is 9.59 Å². The molecule has 0 spiro atoms. The summed E-state index contributed by atoms with van der Waals surface area (Å²) in [5.74, 6) is -2.51.